The highest BCUT2D eigenvalue weighted by Crippen LogP contribution is 2.05. The van der Waals surface area contributed by atoms with Gasteiger partial charge in [-0.25, -0.2) is 4.98 Å². The summed E-state index contributed by atoms with van der Waals surface area (Å²) in [5, 5.41) is 0. The van der Waals surface area contributed by atoms with Gasteiger partial charge in [0.15, 0.2) is 0 Å². The molecule has 0 aromatic carbocycles. The molecule has 1 amide bonds. The van der Waals surface area contributed by atoms with Crippen LogP contribution in [0.4, 0.5) is 0 Å². The Bertz CT molecular complexity index is 353. The summed E-state index contributed by atoms with van der Waals surface area (Å²) >= 11 is 0. The minimum absolute atomic E-state index is 0.117. The molecule has 0 radical (unpaired) electrons. The molecule has 0 aliphatic heterocycles. The second-order valence-corrected chi connectivity index (χ2v) is 4.51. The molecule has 1 aromatic rings. The maximum absolute atomic E-state index is 11.9. The average Bonchev–Trinajstić information content (AvgIpc) is 2.35. The zero-order chi connectivity index (χ0) is 12.8. The standard InChI is InChI=1S/C12H20N4O/c1-9(2)10(13)4-7-16(3)12(17)11-8-14-5-6-15-11/h5-6,8-10H,4,7,13H2,1-3H3. The van der Waals surface area contributed by atoms with Gasteiger partial charge in [-0.15, -0.1) is 0 Å². The third kappa shape index (κ3) is 4.11. The van der Waals surface area contributed by atoms with E-state index in [1.54, 1.807) is 18.1 Å². The molecule has 0 aliphatic carbocycles. The Morgan fingerprint density at radius 2 is 2.18 bits per heavy atom. The summed E-state index contributed by atoms with van der Waals surface area (Å²) in [4.78, 5) is 21.4. The zero-order valence-electron chi connectivity index (χ0n) is 10.6. The fourth-order valence-electron chi connectivity index (χ4n) is 1.38. The molecular weight excluding hydrogens is 216 g/mol. The monoisotopic (exact) mass is 236 g/mol. The van der Waals surface area contributed by atoms with Gasteiger partial charge in [-0.3, -0.25) is 9.78 Å². The van der Waals surface area contributed by atoms with Crippen molar-refractivity contribution in [2.45, 2.75) is 26.3 Å². The number of nitrogens with two attached hydrogens (primary N) is 1. The molecule has 94 valence electrons. The van der Waals surface area contributed by atoms with Gasteiger partial charge in [-0.2, -0.15) is 0 Å². The number of carbonyl (C=O) groups is 1. The highest BCUT2D eigenvalue weighted by atomic mass is 16.2. The van der Waals surface area contributed by atoms with Crippen LogP contribution in [0.5, 0.6) is 0 Å². The van der Waals surface area contributed by atoms with E-state index in [1.807, 2.05) is 0 Å². The number of aromatic nitrogens is 2. The van der Waals surface area contributed by atoms with Gasteiger partial charge in [0.25, 0.3) is 5.91 Å². The minimum atomic E-state index is -0.117. The molecule has 5 nitrogen and oxygen atoms in total. The highest BCUT2D eigenvalue weighted by Gasteiger charge is 2.15. The first-order valence-corrected chi connectivity index (χ1v) is 5.79. The van der Waals surface area contributed by atoms with E-state index >= 15 is 0 Å². The van der Waals surface area contributed by atoms with Gasteiger partial charge in [-0.1, -0.05) is 13.8 Å². The lowest BCUT2D eigenvalue weighted by Gasteiger charge is -2.21. The Morgan fingerprint density at radius 3 is 2.71 bits per heavy atom. The SMILES string of the molecule is CC(C)C(N)CCN(C)C(=O)c1cnccn1. The Balaban J connectivity index is 2.48. The number of rotatable bonds is 5. The quantitative estimate of drug-likeness (QED) is 0.825. The molecule has 0 saturated heterocycles. The Labute approximate surface area is 102 Å². The summed E-state index contributed by atoms with van der Waals surface area (Å²) < 4.78 is 0. The maximum Gasteiger partial charge on any atom is 0.273 e. The van der Waals surface area contributed by atoms with Crippen molar-refractivity contribution < 1.29 is 4.79 Å². The normalized spacial score (nSPS) is 12.5. The number of amides is 1. The fraction of sp³-hybridized carbons (Fsp3) is 0.583. The van der Waals surface area contributed by atoms with Crippen LogP contribution in [0.25, 0.3) is 0 Å². The first-order chi connectivity index (χ1) is 8.02. The van der Waals surface area contributed by atoms with Gasteiger partial charge < -0.3 is 10.6 Å². The average molecular weight is 236 g/mol. The van der Waals surface area contributed by atoms with Crippen LogP contribution < -0.4 is 5.73 Å². The lowest BCUT2D eigenvalue weighted by atomic mass is 10.0. The van der Waals surface area contributed by atoms with Gasteiger partial charge in [0, 0.05) is 32.0 Å². The molecule has 0 aliphatic rings. The summed E-state index contributed by atoms with van der Waals surface area (Å²) in [5.41, 5.74) is 6.31. The second-order valence-electron chi connectivity index (χ2n) is 4.51. The molecule has 0 spiro atoms. The van der Waals surface area contributed by atoms with Crippen LogP contribution in [-0.2, 0) is 0 Å². The van der Waals surface area contributed by atoms with Gasteiger partial charge in [-0.05, 0) is 12.3 Å². The van der Waals surface area contributed by atoms with Crippen molar-refractivity contribution in [2.75, 3.05) is 13.6 Å². The molecule has 0 saturated carbocycles. The molecule has 1 rings (SSSR count). The van der Waals surface area contributed by atoms with Crippen LogP contribution in [0.1, 0.15) is 30.8 Å². The number of hydrogen-bond acceptors (Lipinski definition) is 4. The number of hydrogen-bond donors (Lipinski definition) is 1. The van der Waals surface area contributed by atoms with E-state index < -0.39 is 0 Å². The third-order valence-corrected chi connectivity index (χ3v) is 2.78. The lowest BCUT2D eigenvalue weighted by Crippen LogP contribution is -2.35. The fourth-order valence-corrected chi connectivity index (χ4v) is 1.38. The number of carbonyl (C=O) groups excluding carboxylic acids is 1. The van der Waals surface area contributed by atoms with Gasteiger partial charge >= 0.3 is 0 Å². The van der Waals surface area contributed by atoms with E-state index in [-0.39, 0.29) is 11.9 Å². The maximum atomic E-state index is 11.9. The van der Waals surface area contributed by atoms with Crippen LogP contribution in [0.3, 0.4) is 0 Å². The van der Waals surface area contributed by atoms with E-state index in [0.717, 1.165) is 6.42 Å². The molecule has 5 heteroatoms. The van der Waals surface area contributed by atoms with E-state index in [4.69, 9.17) is 5.73 Å². The van der Waals surface area contributed by atoms with E-state index in [1.165, 1.54) is 12.4 Å². The van der Waals surface area contributed by atoms with Crippen LogP contribution >= 0.6 is 0 Å². The summed E-state index contributed by atoms with van der Waals surface area (Å²) in [6, 6.07) is 0.118. The van der Waals surface area contributed by atoms with Crippen molar-refractivity contribution in [2.24, 2.45) is 11.7 Å². The molecule has 1 unspecified atom stereocenters. The van der Waals surface area contributed by atoms with Crippen LogP contribution in [0, 0.1) is 5.92 Å². The number of nitrogens with zero attached hydrogens (tertiary/aromatic N) is 3. The summed E-state index contributed by atoms with van der Waals surface area (Å²) in [5.74, 6) is 0.309. The van der Waals surface area contributed by atoms with Gasteiger partial charge in [0.1, 0.15) is 5.69 Å². The smallest absolute Gasteiger partial charge is 0.273 e. The Morgan fingerprint density at radius 1 is 1.47 bits per heavy atom. The summed E-state index contributed by atoms with van der Waals surface area (Å²) in [6.07, 6.45) is 5.33. The predicted molar refractivity (Wildman–Crippen MR) is 66.4 cm³/mol. The molecular formula is C12H20N4O. The van der Waals surface area contributed by atoms with E-state index in [9.17, 15) is 4.79 Å². The first kappa shape index (κ1) is 13.6. The zero-order valence-corrected chi connectivity index (χ0v) is 10.6. The molecule has 1 atom stereocenters. The van der Waals surface area contributed by atoms with Crippen molar-refractivity contribution >= 4 is 5.91 Å². The summed E-state index contributed by atoms with van der Waals surface area (Å²) in [6.45, 7) is 4.79. The second kappa shape index (κ2) is 6.30. The Kier molecular flexibility index (Phi) is 5.03. The van der Waals surface area contributed by atoms with E-state index in [0.29, 0.717) is 18.2 Å². The highest BCUT2D eigenvalue weighted by molar-refractivity contribution is 5.91. The minimum Gasteiger partial charge on any atom is -0.340 e. The van der Waals surface area contributed by atoms with Crippen molar-refractivity contribution in [3.63, 3.8) is 0 Å². The topological polar surface area (TPSA) is 72.1 Å². The van der Waals surface area contributed by atoms with Crippen LogP contribution in [0.15, 0.2) is 18.6 Å². The molecule has 1 aromatic heterocycles. The van der Waals surface area contributed by atoms with Crippen LogP contribution in [0.2, 0.25) is 0 Å². The van der Waals surface area contributed by atoms with Crippen molar-refractivity contribution in [1.82, 2.24) is 14.9 Å². The summed E-state index contributed by atoms with van der Waals surface area (Å²) in [7, 11) is 1.75. The van der Waals surface area contributed by atoms with Crippen molar-refractivity contribution in [1.29, 1.82) is 0 Å². The van der Waals surface area contributed by atoms with Crippen molar-refractivity contribution in [3.05, 3.63) is 24.3 Å². The third-order valence-electron chi connectivity index (χ3n) is 2.78. The molecule has 2 N–H and O–H groups in total. The van der Waals surface area contributed by atoms with Crippen LogP contribution in [-0.4, -0.2) is 40.4 Å². The Hall–Kier alpha value is -1.49. The molecule has 1 heterocycles. The first-order valence-electron chi connectivity index (χ1n) is 5.79. The van der Waals surface area contributed by atoms with Gasteiger partial charge in [0.2, 0.25) is 0 Å². The van der Waals surface area contributed by atoms with Crippen molar-refractivity contribution in [3.8, 4) is 0 Å². The molecule has 0 fully saturated rings. The van der Waals surface area contributed by atoms with E-state index in [2.05, 4.69) is 23.8 Å². The molecule has 0 bridgehead atoms. The van der Waals surface area contributed by atoms with Gasteiger partial charge in [0.05, 0.1) is 6.20 Å². The predicted octanol–water partition coefficient (Wildman–Crippen LogP) is 0.922. The molecule has 17 heavy (non-hydrogen) atoms. The lowest BCUT2D eigenvalue weighted by molar-refractivity contribution is 0.0783. The largest absolute Gasteiger partial charge is 0.340 e.